The molecule has 1 rings (SSSR count). The van der Waals surface area contributed by atoms with Gasteiger partial charge >= 0.3 is 5.97 Å². The number of rotatable bonds is 2. The Hall–Kier alpha value is -1.58. The Kier molecular flexibility index (Phi) is 7.76. The number of esters is 1. The first-order valence-electron chi connectivity index (χ1n) is 5.68. The van der Waals surface area contributed by atoms with Gasteiger partial charge < -0.3 is 9.64 Å². The highest BCUT2D eigenvalue weighted by atomic mass is 16.5. The summed E-state index contributed by atoms with van der Waals surface area (Å²) in [6.07, 6.45) is 5.68. The van der Waals surface area contributed by atoms with Crippen LogP contribution in [-0.2, 0) is 14.3 Å². The van der Waals surface area contributed by atoms with Gasteiger partial charge in [0, 0.05) is 18.5 Å². The minimum Gasteiger partial charge on any atom is -0.466 e. The van der Waals surface area contributed by atoms with Crippen LogP contribution < -0.4 is 0 Å². The third kappa shape index (κ3) is 6.56. The van der Waals surface area contributed by atoms with E-state index in [1.165, 1.54) is 13.5 Å². The van der Waals surface area contributed by atoms with E-state index >= 15 is 0 Å². The highest BCUT2D eigenvalue weighted by Gasteiger charge is 2.12. The van der Waals surface area contributed by atoms with Crippen molar-refractivity contribution in [3.8, 4) is 0 Å². The minimum atomic E-state index is -0.347. The van der Waals surface area contributed by atoms with Gasteiger partial charge in [-0.25, -0.2) is 4.79 Å². The lowest BCUT2D eigenvalue weighted by molar-refractivity contribution is -0.136. The van der Waals surface area contributed by atoms with E-state index < -0.39 is 0 Å². The average molecular weight is 239 g/mol. The fourth-order valence-corrected chi connectivity index (χ4v) is 1.37. The molecule has 1 aliphatic rings. The fourth-order valence-electron chi connectivity index (χ4n) is 1.37. The van der Waals surface area contributed by atoms with E-state index in [-0.39, 0.29) is 11.9 Å². The monoisotopic (exact) mass is 239 g/mol. The van der Waals surface area contributed by atoms with E-state index in [0.29, 0.717) is 12.0 Å². The molecule has 0 N–H and O–H groups in total. The third-order valence-electron chi connectivity index (χ3n) is 2.36. The number of carbonyl (C=O) groups excluding carboxylic acids is 2. The Labute approximate surface area is 103 Å². The van der Waals surface area contributed by atoms with Crippen molar-refractivity contribution in [2.45, 2.75) is 32.6 Å². The SMILES string of the molecule is C=C(C)C(=O)OC.C=CN1CCCCCC1=O. The van der Waals surface area contributed by atoms with E-state index in [1.54, 1.807) is 18.0 Å². The van der Waals surface area contributed by atoms with Crippen LogP contribution in [-0.4, -0.2) is 30.4 Å². The van der Waals surface area contributed by atoms with E-state index in [1.807, 2.05) is 0 Å². The molecular formula is C13H21NO3. The molecule has 0 aromatic heterocycles. The smallest absolute Gasteiger partial charge is 0.332 e. The number of nitrogens with zero attached hydrogens (tertiary/aromatic N) is 1. The molecule has 1 heterocycles. The quantitative estimate of drug-likeness (QED) is 0.548. The Balaban J connectivity index is 0.000000325. The predicted octanol–water partition coefficient (Wildman–Crippen LogP) is 2.27. The number of methoxy groups -OCH3 is 1. The lowest BCUT2D eigenvalue weighted by atomic mass is 10.2. The lowest BCUT2D eigenvalue weighted by Gasteiger charge is -2.13. The van der Waals surface area contributed by atoms with Crippen LogP contribution in [0, 0.1) is 0 Å². The van der Waals surface area contributed by atoms with E-state index in [9.17, 15) is 9.59 Å². The van der Waals surface area contributed by atoms with Crippen molar-refractivity contribution in [2.75, 3.05) is 13.7 Å². The van der Waals surface area contributed by atoms with Crippen molar-refractivity contribution >= 4 is 11.9 Å². The number of amides is 1. The second kappa shape index (κ2) is 8.56. The minimum absolute atomic E-state index is 0.229. The number of likely N-dealkylation sites (tertiary alicyclic amines) is 1. The maximum absolute atomic E-state index is 11.1. The van der Waals surface area contributed by atoms with Gasteiger partial charge in [0.25, 0.3) is 0 Å². The first-order chi connectivity index (χ1) is 8.02. The van der Waals surface area contributed by atoms with Crippen LogP contribution in [0.3, 0.4) is 0 Å². The molecule has 0 aromatic rings. The molecule has 96 valence electrons. The number of hydrogen-bond donors (Lipinski definition) is 0. The summed E-state index contributed by atoms with van der Waals surface area (Å²) >= 11 is 0. The highest BCUT2D eigenvalue weighted by molar-refractivity contribution is 5.86. The van der Waals surface area contributed by atoms with Gasteiger partial charge in [-0.05, 0) is 26.0 Å². The van der Waals surface area contributed by atoms with E-state index in [4.69, 9.17) is 0 Å². The molecule has 0 saturated carbocycles. The summed E-state index contributed by atoms with van der Waals surface area (Å²) < 4.78 is 4.27. The third-order valence-corrected chi connectivity index (χ3v) is 2.36. The number of carbonyl (C=O) groups is 2. The Morgan fingerprint density at radius 1 is 1.41 bits per heavy atom. The van der Waals surface area contributed by atoms with Crippen molar-refractivity contribution in [3.63, 3.8) is 0 Å². The van der Waals surface area contributed by atoms with Crippen LogP contribution in [0.5, 0.6) is 0 Å². The maximum atomic E-state index is 11.1. The normalized spacial score (nSPS) is 15.2. The molecule has 1 fully saturated rings. The van der Waals surface area contributed by atoms with Gasteiger partial charge in [-0.1, -0.05) is 19.6 Å². The molecule has 0 radical (unpaired) electrons. The topological polar surface area (TPSA) is 46.6 Å². The van der Waals surface area contributed by atoms with Crippen molar-refractivity contribution in [2.24, 2.45) is 0 Å². The largest absolute Gasteiger partial charge is 0.466 e. The van der Waals surface area contributed by atoms with Gasteiger partial charge in [0.1, 0.15) is 0 Å². The number of hydrogen-bond acceptors (Lipinski definition) is 3. The van der Waals surface area contributed by atoms with Crippen LogP contribution in [0.15, 0.2) is 24.9 Å². The molecule has 0 unspecified atom stereocenters. The highest BCUT2D eigenvalue weighted by Crippen LogP contribution is 2.10. The molecular weight excluding hydrogens is 218 g/mol. The lowest BCUT2D eigenvalue weighted by Crippen LogP contribution is -2.23. The Morgan fingerprint density at radius 3 is 2.47 bits per heavy atom. The molecule has 1 saturated heterocycles. The summed E-state index contributed by atoms with van der Waals surface area (Å²) in [5.41, 5.74) is 0.433. The van der Waals surface area contributed by atoms with Crippen LogP contribution in [0.4, 0.5) is 0 Å². The molecule has 0 bridgehead atoms. The molecule has 0 atom stereocenters. The average Bonchev–Trinajstić information content (AvgIpc) is 2.53. The van der Waals surface area contributed by atoms with Gasteiger partial charge in [0.15, 0.2) is 0 Å². The first kappa shape index (κ1) is 15.4. The number of ether oxygens (including phenoxy) is 1. The van der Waals surface area contributed by atoms with E-state index in [2.05, 4.69) is 17.9 Å². The van der Waals surface area contributed by atoms with Crippen LogP contribution in [0.25, 0.3) is 0 Å². The van der Waals surface area contributed by atoms with E-state index in [0.717, 1.165) is 19.4 Å². The zero-order valence-corrected chi connectivity index (χ0v) is 10.7. The zero-order chi connectivity index (χ0) is 13.3. The fraction of sp³-hybridized carbons (Fsp3) is 0.538. The molecule has 1 aliphatic heterocycles. The van der Waals surface area contributed by atoms with Gasteiger partial charge in [-0.2, -0.15) is 0 Å². The Bertz CT molecular complexity index is 297. The molecule has 1 amide bonds. The summed E-state index contributed by atoms with van der Waals surface area (Å²) in [5.74, 6) is -0.118. The molecule has 17 heavy (non-hydrogen) atoms. The molecule has 0 spiro atoms. The standard InChI is InChI=1S/C8H13NO.C5H8O2/c1-2-9-7-5-3-4-6-8(9)10;1-4(2)5(6)7-3/h2H,1,3-7H2;1H2,2-3H3. The second-order valence-corrected chi connectivity index (χ2v) is 3.85. The maximum Gasteiger partial charge on any atom is 0.332 e. The summed E-state index contributed by atoms with van der Waals surface area (Å²) in [7, 11) is 1.33. The van der Waals surface area contributed by atoms with Crippen molar-refractivity contribution in [3.05, 3.63) is 24.9 Å². The van der Waals surface area contributed by atoms with Crippen LogP contribution in [0.2, 0.25) is 0 Å². The second-order valence-electron chi connectivity index (χ2n) is 3.85. The summed E-state index contributed by atoms with van der Waals surface area (Å²) in [6, 6.07) is 0. The molecule has 0 aliphatic carbocycles. The van der Waals surface area contributed by atoms with Crippen LogP contribution in [0.1, 0.15) is 32.6 Å². The molecule has 4 heteroatoms. The van der Waals surface area contributed by atoms with Gasteiger partial charge in [0.2, 0.25) is 5.91 Å². The Morgan fingerprint density at radius 2 is 2.06 bits per heavy atom. The summed E-state index contributed by atoms with van der Waals surface area (Å²) in [6.45, 7) is 9.40. The van der Waals surface area contributed by atoms with Gasteiger partial charge in [-0.3, -0.25) is 4.79 Å². The van der Waals surface area contributed by atoms with Gasteiger partial charge in [-0.15, -0.1) is 0 Å². The molecule has 4 nitrogen and oxygen atoms in total. The van der Waals surface area contributed by atoms with Crippen molar-refractivity contribution in [1.29, 1.82) is 0 Å². The summed E-state index contributed by atoms with van der Waals surface area (Å²) in [5, 5.41) is 0. The van der Waals surface area contributed by atoms with Crippen LogP contribution >= 0.6 is 0 Å². The molecule has 0 aromatic carbocycles. The summed E-state index contributed by atoms with van der Waals surface area (Å²) in [4.78, 5) is 23.0. The predicted molar refractivity (Wildman–Crippen MR) is 67.2 cm³/mol. The van der Waals surface area contributed by atoms with Crippen molar-refractivity contribution < 1.29 is 14.3 Å². The zero-order valence-electron chi connectivity index (χ0n) is 10.7. The van der Waals surface area contributed by atoms with Gasteiger partial charge in [0.05, 0.1) is 7.11 Å². The first-order valence-corrected chi connectivity index (χ1v) is 5.68. The van der Waals surface area contributed by atoms with Crippen molar-refractivity contribution in [1.82, 2.24) is 4.90 Å².